The van der Waals surface area contributed by atoms with Gasteiger partial charge >= 0.3 is 5.97 Å². The van der Waals surface area contributed by atoms with Gasteiger partial charge in [-0.25, -0.2) is 9.78 Å². The van der Waals surface area contributed by atoms with Crippen LogP contribution in [0.25, 0.3) is 11.3 Å². The number of fused-ring (bicyclic) bond motifs is 1. The number of allylic oxidation sites excluding steroid dienone is 1. The number of hydrogen-bond acceptors (Lipinski definition) is 6. The van der Waals surface area contributed by atoms with Gasteiger partial charge in [-0.15, -0.1) is 0 Å². The largest absolute Gasteiger partial charge is 0.466 e. The quantitative estimate of drug-likeness (QED) is 0.809. The predicted molar refractivity (Wildman–Crippen MR) is 84.6 cm³/mol. The van der Waals surface area contributed by atoms with Crippen LogP contribution >= 0.6 is 0 Å². The lowest BCUT2D eigenvalue weighted by atomic mass is 10.0. The molecule has 7 heteroatoms. The molecule has 3 heterocycles. The summed E-state index contributed by atoms with van der Waals surface area (Å²) in [6.45, 7) is 1.53. The van der Waals surface area contributed by atoms with Crippen LogP contribution in [0.1, 0.15) is 29.1 Å². The Hall–Kier alpha value is -3.06. The van der Waals surface area contributed by atoms with E-state index in [0.29, 0.717) is 5.69 Å². The Morgan fingerprint density at radius 3 is 2.79 bits per heavy atom. The number of ether oxygens (including phenoxy) is 1. The normalized spacial score (nSPS) is 17.0. The van der Waals surface area contributed by atoms with Crippen molar-refractivity contribution in [1.29, 1.82) is 0 Å². The molecule has 2 N–H and O–H groups in total. The van der Waals surface area contributed by atoms with Gasteiger partial charge in [0.1, 0.15) is 6.10 Å². The fraction of sp³-hybridized carbons (Fsp3) is 0.176. The topological polar surface area (TPSA) is 101 Å². The highest BCUT2D eigenvalue weighted by molar-refractivity contribution is 6.01. The van der Waals surface area contributed by atoms with E-state index in [1.807, 2.05) is 6.07 Å². The number of rotatable bonds is 2. The van der Waals surface area contributed by atoms with Gasteiger partial charge in [0.05, 0.1) is 29.6 Å². The summed E-state index contributed by atoms with van der Waals surface area (Å²) < 4.78 is 4.71. The molecule has 0 aromatic carbocycles. The number of methoxy groups -OCH3 is 1. The van der Waals surface area contributed by atoms with E-state index in [-0.39, 0.29) is 22.5 Å². The van der Waals surface area contributed by atoms with E-state index in [0.717, 1.165) is 5.56 Å². The zero-order valence-electron chi connectivity index (χ0n) is 13.1. The van der Waals surface area contributed by atoms with Gasteiger partial charge in [-0.1, -0.05) is 0 Å². The second-order valence-corrected chi connectivity index (χ2v) is 5.26. The maximum atomic E-state index is 12.3. The van der Waals surface area contributed by atoms with Crippen molar-refractivity contribution in [2.24, 2.45) is 0 Å². The number of nitrogens with zero attached hydrogens (tertiary/aromatic N) is 2. The molecule has 0 saturated carbocycles. The molecule has 3 rings (SSSR count). The molecule has 1 aliphatic rings. The molecule has 0 fully saturated rings. The number of carbonyl (C=O) groups is 2. The predicted octanol–water partition coefficient (Wildman–Crippen LogP) is 1.37. The van der Waals surface area contributed by atoms with Crippen LogP contribution in [-0.2, 0) is 9.53 Å². The molecule has 0 aliphatic carbocycles. The number of carbonyl (C=O) groups excluding carboxylic acids is 2. The van der Waals surface area contributed by atoms with Gasteiger partial charge in [-0.2, -0.15) is 0 Å². The second-order valence-electron chi connectivity index (χ2n) is 5.26. The van der Waals surface area contributed by atoms with E-state index >= 15 is 0 Å². The van der Waals surface area contributed by atoms with E-state index in [2.05, 4.69) is 15.3 Å². The number of nitrogens with one attached hydrogen (secondary N) is 1. The fourth-order valence-electron chi connectivity index (χ4n) is 2.57. The van der Waals surface area contributed by atoms with Crippen LogP contribution in [0.5, 0.6) is 0 Å². The van der Waals surface area contributed by atoms with E-state index in [1.165, 1.54) is 14.0 Å². The van der Waals surface area contributed by atoms with Gasteiger partial charge in [0.2, 0.25) is 0 Å². The molecule has 7 nitrogen and oxygen atoms in total. The van der Waals surface area contributed by atoms with Gasteiger partial charge < -0.3 is 15.2 Å². The molecule has 1 unspecified atom stereocenters. The standard InChI is InChI=1S/C17H15N3O4/c1-9-13(17(23)24-2)15(21)14-11(16(22)19-9)5-6-12(20-14)10-4-3-7-18-8-10/h3-8,15,21H,1-2H3,(H,19,22). The molecular formula is C17H15N3O4. The van der Waals surface area contributed by atoms with Crippen molar-refractivity contribution >= 4 is 11.9 Å². The van der Waals surface area contributed by atoms with Crippen molar-refractivity contribution in [3.05, 3.63) is 59.2 Å². The molecular weight excluding hydrogens is 310 g/mol. The zero-order chi connectivity index (χ0) is 17.3. The maximum Gasteiger partial charge on any atom is 0.338 e. The summed E-state index contributed by atoms with van der Waals surface area (Å²) in [6.07, 6.45) is 1.89. The Morgan fingerprint density at radius 2 is 2.12 bits per heavy atom. The summed E-state index contributed by atoms with van der Waals surface area (Å²) in [5.41, 5.74) is 1.77. The number of hydrogen-bond donors (Lipinski definition) is 2. The van der Waals surface area contributed by atoms with Crippen molar-refractivity contribution in [1.82, 2.24) is 15.3 Å². The molecule has 0 saturated heterocycles. The third-order valence-electron chi connectivity index (χ3n) is 3.77. The molecule has 0 radical (unpaired) electrons. The first kappa shape index (κ1) is 15.8. The molecule has 0 bridgehead atoms. The lowest BCUT2D eigenvalue weighted by molar-refractivity contribution is -0.137. The third kappa shape index (κ3) is 2.65. The van der Waals surface area contributed by atoms with Gasteiger partial charge in [-0.3, -0.25) is 9.78 Å². The Labute approximate surface area is 138 Å². The minimum Gasteiger partial charge on any atom is -0.466 e. The van der Waals surface area contributed by atoms with Crippen molar-refractivity contribution in [3.63, 3.8) is 0 Å². The fourth-order valence-corrected chi connectivity index (χ4v) is 2.57. The molecule has 24 heavy (non-hydrogen) atoms. The van der Waals surface area contributed by atoms with E-state index in [9.17, 15) is 14.7 Å². The lowest BCUT2D eigenvalue weighted by Crippen LogP contribution is -2.22. The summed E-state index contributed by atoms with van der Waals surface area (Å²) in [5.74, 6) is -1.16. The number of aliphatic hydroxyl groups excluding tert-OH is 1. The van der Waals surface area contributed by atoms with Crippen molar-refractivity contribution in [2.45, 2.75) is 13.0 Å². The first-order valence-corrected chi connectivity index (χ1v) is 7.22. The molecule has 0 spiro atoms. The van der Waals surface area contributed by atoms with Crippen LogP contribution in [0, 0.1) is 0 Å². The smallest absolute Gasteiger partial charge is 0.338 e. The van der Waals surface area contributed by atoms with Crippen LogP contribution in [0.3, 0.4) is 0 Å². The SMILES string of the molecule is COC(=O)C1=C(C)NC(=O)c2ccc(-c3cccnc3)nc2C1O. The summed E-state index contributed by atoms with van der Waals surface area (Å²) in [6, 6.07) is 6.81. The highest BCUT2D eigenvalue weighted by Crippen LogP contribution is 2.30. The van der Waals surface area contributed by atoms with E-state index in [1.54, 1.807) is 30.6 Å². The highest BCUT2D eigenvalue weighted by atomic mass is 16.5. The summed E-state index contributed by atoms with van der Waals surface area (Å²) in [7, 11) is 1.21. The van der Waals surface area contributed by atoms with Crippen LogP contribution < -0.4 is 5.32 Å². The molecule has 2 aromatic heterocycles. The average molecular weight is 325 g/mol. The Kier molecular flexibility index (Phi) is 4.09. The van der Waals surface area contributed by atoms with Crippen LogP contribution in [0.15, 0.2) is 47.9 Å². The van der Waals surface area contributed by atoms with Gasteiger partial charge in [0.25, 0.3) is 5.91 Å². The Bertz CT molecular complexity index is 846. The maximum absolute atomic E-state index is 12.3. The molecule has 122 valence electrons. The van der Waals surface area contributed by atoms with E-state index in [4.69, 9.17) is 4.74 Å². The minimum atomic E-state index is -1.37. The third-order valence-corrected chi connectivity index (χ3v) is 3.77. The number of pyridine rings is 2. The molecule has 2 aromatic rings. The van der Waals surface area contributed by atoms with Gasteiger partial charge in [0, 0.05) is 23.7 Å². The van der Waals surface area contributed by atoms with Crippen LogP contribution in [-0.4, -0.2) is 34.1 Å². The van der Waals surface area contributed by atoms with Gasteiger partial charge in [-0.05, 0) is 31.2 Å². The average Bonchev–Trinajstić information content (AvgIpc) is 2.70. The van der Waals surface area contributed by atoms with Crippen LogP contribution in [0.4, 0.5) is 0 Å². The number of aromatic nitrogens is 2. The first-order chi connectivity index (χ1) is 11.5. The zero-order valence-corrected chi connectivity index (χ0v) is 13.1. The minimum absolute atomic E-state index is 0.0413. The molecule has 1 amide bonds. The van der Waals surface area contributed by atoms with Crippen LogP contribution in [0.2, 0.25) is 0 Å². The van der Waals surface area contributed by atoms with Crippen molar-refractivity contribution in [3.8, 4) is 11.3 Å². The summed E-state index contributed by atoms with van der Waals surface area (Å²) in [5, 5.41) is 13.2. The van der Waals surface area contributed by atoms with Crippen molar-refractivity contribution < 1.29 is 19.4 Å². The summed E-state index contributed by atoms with van der Waals surface area (Å²) >= 11 is 0. The Balaban J connectivity index is 2.16. The molecule has 1 aliphatic heterocycles. The number of aliphatic hydroxyl groups is 1. The van der Waals surface area contributed by atoms with Crippen molar-refractivity contribution in [2.75, 3.05) is 7.11 Å². The summed E-state index contributed by atoms with van der Waals surface area (Å²) in [4.78, 5) is 32.7. The number of esters is 1. The molecule has 1 atom stereocenters. The lowest BCUT2D eigenvalue weighted by Gasteiger charge is -2.14. The highest BCUT2D eigenvalue weighted by Gasteiger charge is 2.32. The van der Waals surface area contributed by atoms with Gasteiger partial charge in [0.15, 0.2) is 0 Å². The Morgan fingerprint density at radius 1 is 1.33 bits per heavy atom. The number of amides is 1. The monoisotopic (exact) mass is 325 g/mol. The second kappa shape index (κ2) is 6.21. The first-order valence-electron chi connectivity index (χ1n) is 7.22. The van der Waals surface area contributed by atoms with E-state index < -0.39 is 18.0 Å².